The first-order valence-corrected chi connectivity index (χ1v) is 29.2. The zero-order valence-electron chi connectivity index (χ0n) is 47.4. The summed E-state index contributed by atoms with van der Waals surface area (Å²) in [5, 5.41) is 43.8. The SMILES string of the molecule is CSCC[C@H](NC(=O)[C@H](C)NC(=O)[C@@H](NC(=O)[C@@H](NC(=O)[C@@H](N)CCCCN)C(C)C)[C@@H](C)O)C(=O)N[C@@H](CCCCN)C(=O)N[C@@H](CS)C(=O)N[C@@H](Cc1ccccc1)C(=O)N[C@H](CC(C)C)C(=O)N[C@@H](CC(C)C)C(=O)O. The predicted octanol–water partition coefficient (Wildman–Crippen LogP) is -0.906. The largest absolute Gasteiger partial charge is 0.480 e. The summed E-state index contributed by atoms with van der Waals surface area (Å²) in [4.78, 5) is 136. The van der Waals surface area contributed by atoms with Gasteiger partial charge in [-0.25, -0.2) is 4.79 Å². The summed E-state index contributed by atoms with van der Waals surface area (Å²) in [5.74, 6) is -8.73. The van der Waals surface area contributed by atoms with E-state index in [0.717, 1.165) is 0 Å². The van der Waals surface area contributed by atoms with Crippen molar-refractivity contribution in [1.29, 1.82) is 0 Å². The van der Waals surface area contributed by atoms with Crippen LogP contribution in [0.4, 0.5) is 0 Å². The van der Waals surface area contributed by atoms with Crippen LogP contribution in [0, 0.1) is 17.8 Å². The van der Waals surface area contributed by atoms with Crippen LogP contribution in [0.5, 0.6) is 0 Å². The molecule has 0 radical (unpaired) electrons. The highest BCUT2D eigenvalue weighted by molar-refractivity contribution is 7.98. The number of amides is 9. The van der Waals surface area contributed by atoms with Gasteiger partial charge in [-0.05, 0) is 114 Å². The number of nitrogens with one attached hydrogen (secondary N) is 9. The second-order valence-corrected chi connectivity index (χ2v) is 22.3. The fourth-order valence-corrected chi connectivity index (χ4v) is 8.75. The van der Waals surface area contributed by atoms with E-state index in [9.17, 15) is 58.2 Å². The number of thiol groups is 1. The van der Waals surface area contributed by atoms with Crippen LogP contribution in [0.25, 0.3) is 0 Å². The molecule has 1 rings (SSSR count). The lowest BCUT2D eigenvalue weighted by molar-refractivity contribution is -0.143. The molecule has 0 heterocycles. The first kappa shape index (κ1) is 71.5. The van der Waals surface area contributed by atoms with E-state index in [1.54, 1.807) is 50.4 Å². The smallest absolute Gasteiger partial charge is 0.326 e. The summed E-state index contributed by atoms with van der Waals surface area (Å²) >= 11 is 5.71. The number of carbonyl (C=O) groups is 10. The summed E-state index contributed by atoms with van der Waals surface area (Å²) in [7, 11) is 0. The van der Waals surface area contributed by atoms with Gasteiger partial charge in [0.2, 0.25) is 53.2 Å². The Morgan fingerprint density at radius 1 is 0.519 bits per heavy atom. The molecule has 0 aliphatic carbocycles. The van der Waals surface area contributed by atoms with Crippen LogP contribution in [0.3, 0.4) is 0 Å². The zero-order valence-corrected chi connectivity index (χ0v) is 49.1. The molecule has 9 amide bonds. The second kappa shape index (κ2) is 38.2. The third-order valence-corrected chi connectivity index (χ3v) is 13.6. The Hall–Kier alpha value is -5.54. The number of carboxylic acids is 1. The van der Waals surface area contributed by atoms with Gasteiger partial charge in [0.15, 0.2) is 0 Å². The Bertz CT molecular complexity index is 2110. The highest BCUT2D eigenvalue weighted by Crippen LogP contribution is 2.13. The lowest BCUT2D eigenvalue weighted by Gasteiger charge is -2.28. The molecule has 79 heavy (non-hydrogen) atoms. The number of nitrogens with two attached hydrogens (primary N) is 3. The van der Waals surface area contributed by atoms with Crippen molar-refractivity contribution in [3.63, 3.8) is 0 Å². The van der Waals surface area contributed by atoms with Crippen molar-refractivity contribution < 1.29 is 58.2 Å². The average molecular weight is 1150 g/mol. The molecule has 26 heteroatoms. The van der Waals surface area contributed by atoms with Crippen LogP contribution in [-0.4, -0.2) is 167 Å². The zero-order chi connectivity index (χ0) is 59.9. The van der Waals surface area contributed by atoms with Crippen molar-refractivity contribution in [2.45, 2.75) is 186 Å². The molecule has 448 valence electrons. The maximum absolute atomic E-state index is 14.1. The summed E-state index contributed by atoms with van der Waals surface area (Å²) in [6.45, 7) is 13.9. The van der Waals surface area contributed by atoms with E-state index in [1.807, 2.05) is 27.7 Å². The Kier molecular flexibility index (Phi) is 34.5. The van der Waals surface area contributed by atoms with E-state index in [4.69, 9.17) is 17.2 Å². The number of aliphatic hydroxyl groups excluding tert-OH is 1. The molecular formula is C53H92N12O12S2. The first-order chi connectivity index (χ1) is 37.2. The average Bonchev–Trinajstić information content (AvgIpc) is 3.38. The van der Waals surface area contributed by atoms with Crippen LogP contribution in [-0.2, 0) is 54.4 Å². The van der Waals surface area contributed by atoms with Crippen LogP contribution < -0.4 is 65.1 Å². The number of unbranched alkanes of at least 4 members (excludes halogenated alkanes) is 2. The topological polar surface area (TPSA) is 397 Å². The van der Waals surface area contributed by atoms with Crippen LogP contribution in [0.1, 0.15) is 119 Å². The van der Waals surface area contributed by atoms with E-state index >= 15 is 0 Å². The quantitative estimate of drug-likeness (QED) is 0.0280. The monoisotopic (exact) mass is 1150 g/mol. The third kappa shape index (κ3) is 27.5. The van der Waals surface area contributed by atoms with Crippen molar-refractivity contribution in [2.24, 2.45) is 35.0 Å². The number of aliphatic hydroxyl groups is 1. The van der Waals surface area contributed by atoms with Gasteiger partial charge in [0.25, 0.3) is 0 Å². The molecule has 0 unspecified atom stereocenters. The summed E-state index contributed by atoms with van der Waals surface area (Å²) in [6, 6.07) is -3.79. The van der Waals surface area contributed by atoms with E-state index in [0.29, 0.717) is 50.0 Å². The Morgan fingerprint density at radius 3 is 1.48 bits per heavy atom. The molecule has 0 bridgehead atoms. The van der Waals surface area contributed by atoms with E-state index in [1.165, 1.54) is 25.6 Å². The van der Waals surface area contributed by atoms with Crippen molar-refractivity contribution in [3.8, 4) is 0 Å². The van der Waals surface area contributed by atoms with Crippen LogP contribution in [0.15, 0.2) is 30.3 Å². The summed E-state index contributed by atoms with van der Waals surface area (Å²) < 4.78 is 0. The highest BCUT2D eigenvalue weighted by Gasteiger charge is 2.36. The molecule has 11 atom stereocenters. The minimum absolute atomic E-state index is 0.0416. The molecule has 0 saturated heterocycles. The molecule has 0 aromatic heterocycles. The molecule has 1 aromatic carbocycles. The van der Waals surface area contributed by atoms with E-state index in [-0.39, 0.29) is 56.2 Å². The maximum atomic E-state index is 14.1. The number of rotatable bonds is 39. The molecule has 1 aromatic rings. The van der Waals surface area contributed by atoms with Gasteiger partial charge in [0.05, 0.1) is 12.1 Å². The van der Waals surface area contributed by atoms with Gasteiger partial charge in [-0.1, -0.05) is 78.3 Å². The number of carbonyl (C=O) groups excluding carboxylic acids is 9. The molecule has 0 aliphatic heterocycles. The molecule has 24 nitrogen and oxygen atoms in total. The van der Waals surface area contributed by atoms with E-state index < -0.39 is 132 Å². The number of hydrogen-bond acceptors (Lipinski definition) is 16. The van der Waals surface area contributed by atoms with Crippen LogP contribution >= 0.6 is 24.4 Å². The Labute approximate surface area is 475 Å². The van der Waals surface area contributed by atoms with Gasteiger partial charge in [0, 0.05) is 12.2 Å². The number of benzene rings is 1. The second-order valence-electron chi connectivity index (χ2n) is 21.0. The molecule has 0 aliphatic rings. The minimum atomic E-state index is -1.58. The molecular weight excluding hydrogens is 1060 g/mol. The van der Waals surface area contributed by atoms with Gasteiger partial charge in [0.1, 0.15) is 54.4 Å². The van der Waals surface area contributed by atoms with Crippen molar-refractivity contribution >= 4 is 83.5 Å². The van der Waals surface area contributed by atoms with Gasteiger partial charge in [-0.15, -0.1) is 0 Å². The normalized spacial score (nSPS) is 15.6. The number of carboxylic acid groups (broad SMARTS) is 1. The Balaban J connectivity index is 3.35. The van der Waals surface area contributed by atoms with E-state index in [2.05, 4.69) is 60.5 Å². The fraction of sp³-hybridized carbons (Fsp3) is 0.698. The summed E-state index contributed by atoms with van der Waals surface area (Å²) in [5.41, 5.74) is 18.0. The molecule has 0 spiro atoms. The predicted molar refractivity (Wildman–Crippen MR) is 307 cm³/mol. The van der Waals surface area contributed by atoms with Gasteiger partial charge >= 0.3 is 5.97 Å². The third-order valence-electron chi connectivity index (χ3n) is 12.6. The highest BCUT2D eigenvalue weighted by atomic mass is 32.2. The van der Waals surface area contributed by atoms with Crippen LogP contribution in [0.2, 0.25) is 0 Å². The van der Waals surface area contributed by atoms with Gasteiger partial charge < -0.3 is 75.3 Å². The maximum Gasteiger partial charge on any atom is 0.326 e. The minimum Gasteiger partial charge on any atom is -0.480 e. The van der Waals surface area contributed by atoms with Crippen molar-refractivity contribution in [2.75, 3.05) is 30.9 Å². The lowest BCUT2D eigenvalue weighted by atomic mass is 9.99. The Morgan fingerprint density at radius 2 is 0.962 bits per heavy atom. The summed E-state index contributed by atoms with van der Waals surface area (Å²) in [6.07, 6.45) is 3.12. The molecule has 0 saturated carbocycles. The number of aliphatic carboxylic acids is 1. The number of hydrogen-bond donors (Lipinski definition) is 15. The lowest BCUT2D eigenvalue weighted by Crippen LogP contribution is -2.62. The van der Waals surface area contributed by atoms with Gasteiger partial charge in [-0.2, -0.15) is 24.4 Å². The van der Waals surface area contributed by atoms with Crippen molar-refractivity contribution in [1.82, 2.24) is 47.9 Å². The molecule has 17 N–H and O–H groups in total. The first-order valence-electron chi connectivity index (χ1n) is 27.1. The van der Waals surface area contributed by atoms with Gasteiger partial charge in [-0.3, -0.25) is 43.2 Å². The molecule has 0 fully saturated rings. The standard InChI is InChI=1S/C53H92N12O12S2/c1-29(2)25-38(48(71)62-40(53(76)77)26-30(3)4)60-49(72)39(27-34-17-11-10-12-18-34)61-50(73)41(28-78)63-46(69)36(20-14-16-23-55)59-47(70)37(21-24-79-9)58-44(67)32(7)57-52(75)43(33(8)66)65-51(74)42(31(5)6)64-45(68)35(56)19-13-15-22-54/h10-12,17-18,29-33,35-43,66,78H,13-16,19-28,54-56H2,1-9H3,(H,57,75)(H,58,67)(H,59,70)(H,60,72)(H,61,73)(H,62,71)(H,63,69)(H,64,68)(H,65,74)(H,76,77)/t32-,33+,35-,36-,37-,38+,39-,40-,41-,42-,43-/m0/s1. The fourth-order valence-electron chi connectivity index (χ4n) is 8.03. The number of thioether (sulfide) groups is 1. The van der Waals surface area contributed by atoms with Crippen molar-refractivity contribution in [3.05, 3.63) is 35.9 Å².